The fourth-order valence-electron chi connectivity index (χ4n) is 3.48. The van der Waals surface area contributed by atoms with Crippen LogP contribution in [0.2, 0.25) is 10.0 Å². The van der Waals surface area contributed by atoms with Crippen LogP contribution >= 0.6 is 23.2 Å². The summed E-state index contributed by atoms with van der Waals surface area (Å²) in [6.45, 7) is 1.79. The van der Waals surface area contributed by atoms with E-state index in [9.17, 15) is 4.79 Å². The van der Waals surface area contributed by atoms with Gasteiger partial charge in [-0.25, -0.2) is 9.78 Å². The number of benzene rings is 1. The molecule has 1 aliphatic rings. The Morgan fingerprint density at radius 3 is 2.96 bits per heavy atom. The first-order valence-corrected chi connectivity index (χ1v) is 9.96. The minimum absolute atomic E-state index is 0.0611. The highest BCUT2D eigenvalue weighted by atomic mass is 35.5. The highest BCUT2D eigenvalue weighted by Crippen LogP contribution is 2.28. The van der Waals surface area contributed by atoms with E-state index >= 15 is 0 Å². The van der Waals surface area contributed by atoms with Crippen LogP contribution in [-0.2, 0) is 6.42 Å². The zero-order valence-corrected chi connectivity index (χ0v) is 16.7. The van der Waals surface area contributed by atoms with E-state index in [-0.39, 0.29) is 6.03 Å². The lowest BCUT2D eigenvalue weighted by atomic mass is 10.00. The van der Waals surface area contributed by atoms with Crippen molar-refractivity contribution in [2.75, 3.05) is 19.6 Å². The maximum Gasteiger partial charge on any atom is 0.317 e. The molecule has 0 saturated heterocycles. The number of carbonyl (C=O) groups is 1. The Hall–Kier alpha value is -2.50. The van der Waals surface area contributed by atoms with Crippen LogP contribution in [0.3, 0.4) is 0 Å². The molecule has 0 spiro atoms. The third-order valence-corrected chi connectivity index (χ3v) is 5.85. The molecule has 5 nitrogen and oxygen atoms in total. The van der Waals surface area contributed by atoms with Crippen LogP contribution in [0.1, 0.15) is 17.5 Å². The summed E-state index contributed by atoms with van der Waals surface area (Å²) < 4.78 is 0. The summed E-state index contributed by atoms with van der Waals surface area (Å²) in [6, 6.07) is 9.49. The second kappa shape index (κ2) is 8.25. The Labute approximate surface area is 173 Å². The first-order chi connectivity index (χ1) is 13.6. The number of carbonyl (C=O) groups excluding carboxylic acids is 1. The Morgan fingerprint density at radius 2 is 2.14 bits per heavy atom. The molecular weight excluding hydrogens is 395 g/mol. The molecule has 3 heterocycles. The summed E-state index contributed by atoms with van der Waals surface area (Å²) in [4.78, 5) is 21.8. The quantitative estimate of drug-likeness (QED) is 0.636. The minimum atomic E-state index is -0.0611. The molecule has 7 heteroatoms. The summed E-state index contributed by atoms with van der Waals surface area (Å²) in [5, 5.41) is 5.17. The average molecular weight is 415 g/mol. The Morgan fingerprint density at radius 1 is 1.25 bits per heavy atom. The Kier molecular flexibility index (Phi) is 5.55. The fourth-order valence-corrected chi connectivity index (χ4v) is 3.89. The molecule has 4 rings (SSSR count). The Balaban J connectivity index is 1.34. The second-order valence-electron chi connectivity index (χ2n) is 6.72. The van der Waals surface area contributed by atoms with Gasteiger partial charge in [-0.1, -0.05) is 41.4 Å². The molecule has 2 amide bonds. The first kappa shape index (κ1) is 18.8. The summed E-state index contributed by atoms with van der Waals surface area (Å²) in [6.07, 6.45) is 7.35. The van der Waals surface area contributed by atoms with Crippen molar-refractivity contribution in [3.05, 3.63) is 70.0 Å². The lowest BCUT2D eigenvalue weighted by Gasteiger charge is -2.26. The van der Waals surface area contributed by atoms with Crippen molar-refractivity contribution in [1.29, 1.82) is 0 Å². The van der Waals surface area contributed by atoms with E-state index in [2.05, 4.69) is 27.4 Å². The second-order valence-corrected chi connectivity index (χ2v) is 7.51. The average Bonchev–Trinajstić information content (AvgIpc) is 3.15. The van der Waals surface area contributed by atoms with E-state index in [1.165, 1.54) is 11.1 Å². The smallest absolute Gasteiger partial charge is 0.317 e. The number of urea groups is 1. The molecule has 0 aliphatic carbocycles. The monoisotopic (exact) mass is 414 g/mol. The number of fused-ring (bicyclic) bond motifs is 1. The molecule has 1 aromatic carbocycles. The van der Waals surface area contributed by atoms with Crippen molar-refractivity contribution in [3.63, 3.8) is 0 Å². The van der Waals surface area contributed by atoms with Crippen LogP contribution < -0.4 is 5.32 Å². The lowest BCUT2D eigenvalue weighted by molar-refractivity contribution is 0.203. The van der Waals surface area contributed by atoms with Gasteiger partial charge in [-0.15, -0.1) is 0 Å². The zero-order valence-electron chi connectivity index (χ0n) is 15.2. The van der Waals surface area contributed by atoms with Gasteiger partial charge in [0.25, 0.3) is 0 Å². The van der Waals surface area contributed by atoms with Crippen molar-refractivity contribution in [1.82, 2.24) is 20.2 Å². The van der Waals surface area contributed by atoms with E-state index in [1.54, 1.807) is 12.3 Å². The molecule has 0 radical (unpaired) electrons. The predicted octanol–water partition coefficient (Wildman–Crippen LogP) is 4.91. The van der Waals surface area contributed by atoms with Gasteiger partial charge >= 0.3 is 6.03 Å². The van der Waals surface area contributed by atoms with Gasteiger partial charge in [-0.3, -0.25) is 0 Å². The molecule has 0 saturated carbocycles. The van der Waals surface area contributed by atoms with E-state index in [0.717, 1.165) is 23.0 Å². The maximum absolute atomic E-state index is 12.5. The summed E-state index contributed by atoms with van der Waals surface area (Å²) in [7, 11) is 0. The first-order valence-electron chi connectivity index (χ1n) is 9.20. The normalized spacial score (nSPS) is 14.2. The van der Waals surface area contributed by atoms with Crippen LogP contribution in [0.15, 0.2) is 48.8 Å². The van der Waals surface area contributed by atoms with Crippen LogP contribution in [0, 0.1) is 0 Å². The third-order valence-electron chi connectivity index (χ3n) is 5.00. The number of aromatic nitrogens is 2. The van der Waals surface area contributed by atoms with Gasteiger partial charge in [0.2, 0.25) is 0 Å². The van der Waals surface area contributed by atoms with Crippen LogP contribution in [0.4, 0.5) is 4.79 Å². The van der Waals surface area contributed by atoms with E-state index in [1.807, 2.05) is 29.3 Å². The molecule has 0 unspecified atom stereocenters. The molecule has 28 heavy (non-hydrogen) atoms. The number of halogens is 2. The zero-order chi connectivity index (χ0) is 19.5. The van der Waals surface area contributed by atoms with E-state index in [0.29, 0.717) is 36.1 Å². The van der Waals surface area contributed by atoms with Gasteiger partial charge in [0.1, 0.15) is 5.65 Å². The molecule has 144 valence electrons. The van der Waals surface area contributed by atoms with Gasteiger partial charge in [0.15, 0.2) is 0 Å². The van der Waals surface area contributed by atoms with Crippen molar-refractivity contribution >= 4 is 45.8 Å². The van der Waals surface area contributed by atoms with Gasteiger partial charge in [0.05, 0.1) is 10.0 Å². The Bertz CT molecular complexity index is 1040. The van der Waals surface area contributed by atoms with Gasteiger partial charge < -0.3 is 15.2 Å². The number of pyridine rings is 1. The molecular formula is C21H20Cl2N4O. The summed E-state index contributed by atoms with van der Waals surface area (Å²) in [5.41, 5.74) is 4.23. The van der Waals surface area contributed by atoms with Crippen LogP contribution in [0.5, 0.6) is 0 Å². The third kappa shape index (κ3) is 3.86. The van der Waals surface area contributed by atoms with Gasteiger partial charge in [-0.05, 0) is 42.2 Å². The van der Waals surface area contributed by atoms with Crippen molar-refractivity contribution < 1.29 is 4.79 Å². The van der Waals surface area contributed by atoms with Gasteiger partial charge in [-0.2, -0.15) is 0 Å². The largest absolute Gasteiger partial charge is 0.346 e. The lowest BCUT2D eigenvalue weighted by Crippen LogP contribution is -2.42. The number of rotatable bonds is 4. The van der Waals surface area contributed by atoms with Crippen LogP contribution in [-0.4, -0.2) is 40.5 Å². The minimum Gasteiger partial charge on any atom is -0.346 e. The standard InChI is InChI=1S/C21H20Cl2N4O/c22-18-5-1-3-15(19(18)23)6-10-25-21(28)27-11-7-14(8-12-27)17-13-26-20-16(17)4-2-9-24-20/h1-5,7,9,13H,6,8,10-12H2,(H,24,26)(H,25,28). The highest BCUT2D eigenvalue weighted by molar-refractivity contribution is 6.42. The SMILES string of the molecule is O=C(NCCc1cccc(Cl)c1Cl)N1CC=C(c2c[nH]c3ncccc23)CC1. The van der Waals surface area contributed by atoms with Crippen molar-refractivity contribution in [2.45, 2.75) is 12.8 Å². The number of nitrogens with one attached hydrogen (secondary N) is 2. The molecule has 2 aromatic heterocycles. The molecule has 0 atom stereocenters. The van der Waals surface area contributed by atoms with Crippen LogP contribution in [0.25, 0.3) is 16.6 Å². The number of aromatic amines is 1. The number of nitrogens with zero attached hydrogens (tertiary/aromatic N) is 2. The number of amides is 2. The predicted molar refractivity (Wildman–Crippen MR) is 114 cm³/mol. The fraction of sp³-hybridized carbons (Fsp3) is 0.238. The molecule has 3 aromatic rings. The van der Waals surface area contributed by atoms with Gasteiger partial charge in [0, 0.05) is 43.0 Å². The number of H-pyrrole nitrogens is 1. The van der Waals surface area contributed by atoms with Crippen molar-refractivity contribution in [3.8, 4) is 0 Å². The number of hydrogen-bond donors (Lipinski definition) is 2. The van der Waals surface area contributed by atoms with E-state index in [4.69, 9.17) is 23.2 Å². The summed E-state index contributed by atoms with van der Waals surface area (Å²) >= 11 is 12.2. The highest BCUT2D eigenvalue weighted by Gasteiger charge is 2.19. The molecule has 1 aliphatic heterocycles. The molecule has 2 N–H and O–H groups in total. The van der Waals surface area contributed by atoms with E-state index < -0.39 is 0 Å². The van der Waals surface area contributed by atoms with Crippen molar-refractivity contribution in [2.24, 2.45) is 0 Å². The topological polar surface area (TPSA) is 61.0 Å². The maximum atomic E-state index is 12.5. The number of hydrogen-bond acceptors (Lipinski definition) is 2. The molecule has 0 bridgehead atoms. The molecule has 0 fully saturated rings. The summed E-state index contributed by atoms with van der Waals surface area (Å²) in [5.74, 6) is 0.